The van der Waals surface area contributed by atoms with Gasteiger partial charge in [-0.3, -0.25) is 0 Å². The predicted octanol–water partition coefficient (Wildman–Crippen LogP) is 2.09. The van der Waals surface area contributed by atoms with E-state index in [4.69, 9.17) is 10.5 Å². The zero-order valence-corrected chi connectivity index (χ0v) is 9.26. The summed E-state index contributed by atoms with van der Waals surface area (Å²) in [6, 6.07) is 1.77. The molecule has 1 rings (SSSR count). The van der Waals surface area contributed by atoms with Gasteiger partial charge in [-0.15, -0.1) is 0 Å². The van der Waals surface area contributed by atoms with Crippen molar-refractivity contribution in [1.82, 2.24) is 0 Å². The molecule has 3 nitrogen and oxygen atoms in total. The Morgan fingerprint density at radius 2 is 1.94 bits per heavy atom. The number of nitrogen functional groups attached to an aromatic ring is 1. The van der Waals surface area contributed by atoms with Crippen LogP contribution >= 0.6 is 0 Å². The van der Waals surface area contributed by atoms with Crippen LogP contribution < -0.4 is 10.5 Å². The SMILES string of the molecule is CC(C)(O)CCOc1cc(F)c(N)cc1F. The molecule has 0 aliphatic carbocycles. The van der Waals surface area contributed by atoms with Crippen LogP contribution in [0.15, 0.2) is 12.1 Å². The van der Waals surface area contributed by atoms with Crippen LogP contribution in [-0.2, 0) is 0 Å². The molecule has 0 atom stereocenters. The molecule has 0 unspecified atom stereocenters. The predicted molar refractivity (Wildman–Crippen MR) is 57.2 cm³/mol. The van der Waals surface area contributed by atoms with Gasteiger partial charge in [0.05, 0.1) is 17.9 Å². The highest BCUT2D eigenvalue weighted by atomic mass is 19.1. The van der Waals surface area contributed by atoms with Crippen LogP contribution in [0.4, 0.5) is 14.5 Å². The molecule has 0 aliphatic rings. The molecule has 0 spiro atoms. The average Bonchev–Trinajstić information content (AvgIpc) is 2.11. The quantitative estimate of drug-likeness (QED) is 0.780. The minimum Gasteiger partial charge on any atom is -0.490 e. The molecule has 0 radical (unpaired) electrons. The number of anilines is 1. The zero-order valence-electron chi connectivity index (χ0n) is 9.26. The maximum atomic E-state index is 13.2. The van der Waals surface area contributed by atoms with E-state index < -0.39 is 17.2 Å². The molecule has 0 saturated carbocycles. The Morgan fingerprint density at radius 3 is 2.50 bits per heavy atom. The Morgan fingerprint density at radius 1 is 1.31 bits per heavy atom. The maximum absolute atomic E-state index is 13.2. The smallest absolute Gasteiger partial charge is 0.167 e. The molecule has 5 heteroatoms. The first-order valence-corrected chi connectivity index (χ1v) is 4.89. The van der Waals surface area contributed by atoms with E-state index in [0.29, 0.717) is 6.42 Å². The van der Waals surface area contributed by atoms with Gasteiger partial charge in [0.2, 0.25) is 0 Å². The summed E-state index contributed by atoms with van der Waals surface area (Å²) < 4.78 is 31.2. The number of hydrogen-bond donors (Lipinski definition) is 2. The fourth-order valence-electron chi connectivity index (χ4n) is 1.07. The number of ether oxygens (including phenoxy) is 1. The summed E-state index contributed by atoms with van der Waals surface area (Å²) in [5.41, 5.74) is 4.02. The average molecular weight is 231 g/mol. The van der Waals surface area contributed by atoms with Gasteiger partial charge in [-0.05, 0) is 13.8 Å². The highest BCUT2D eigenvalue weighted by Crippen LogP contribution is 2.23. The van der Waals surface area contributed by atoms with Crippen LogP contribution in [-0.4, -0.2) is 17.3 Å². The second-order valence-corrected chi connectivity index (χ2v) is 4.22. The highest BCUT2D eigenvalue weighted by Gasteiger charge is 2.14. The Bertz CT molecular complexity index is 375. The van der Waals surface area contributed by atoms with Gasteiger partial charge in [0, 0.05) is 18.6 Å². The fraction of sp³-hybridized carbons (Fsp3) is 0.455. The third kappa shape index (κ3) is 3.66. The van der Waals surface area contributed by atoms with Gasteiger partial charge in [0.15, 0.2) is 11.6 Å². The first kappa shape index (κ1) is 12.7. The normalized spacial score (nSPS) is 11.6. The van der Waals surface area contributed by atoms with Gasteiger partial charge < -0.3 is 15.6 Å². The Hall–Kier alpha value is -1.36. The van der Waals surface area contributed by atoms with E-state index >= 15 is 0 Å². The van der Waals surface area contributed by atoms with E-state index in [1.165, 1.54) is 0 Å². The lowest BCUT2D eigenvalue weighted by molar-refractivity contribution is 0.0547. The van der Waals surface area contributed by atoms with Gasteiger partial charge in [0.25, 0.3) is 0 Å². The molecule has 0 amide bonds. The van der Waals surface area contributed by atoms with E-state index in [0.717, 1.165) is 12.1 Å². The van der Waals surface area contributed by atoms with E-state index in [1.807, 2.05) is 0 Å². The molecule has 0 aromatic heterocycles. The largest absolute Gasteiger partial charge is 0.490 e. The minimum atomic E-state index is -0.900. The number of rotatable bonds is 4. The molecule has 0 aliphatic heterocycles. The van der Waals surface area contributed by atoms with Crippen molar-refractivity contribution < 1.29 is 18.6 Å². The van der Waals surface area contributed by atoms with Crippen molar-refractivity contribution in [3.8, 4) is 5.75 Å². The van der Waals surface area contributed by atoms with E-state index in [2.05, 4.69) is 0 Å². The Balaban J connectivity index is 2.64. The van der Waals surface area contributed by atoms with E-state index in [-0.39, 0.29) is 18.0 Å². The summed E-state index contributed by atoms with van der Waals surface area (Å²) in [4.78, 5) is 0. The molecule has 0 saturated heterocycles. The maximum Gasteiger partial charge on any atom is 0.167 e. The molecule has 0 bridgehead atoms. The van der Waals surface area contributed by atoms with Crippen LogP contribution in [0.1, 0.15) is 20.3 Å². The van der Waals surface area contributed by atoms with Crippen molar-refractivity contribution in [2.45, 2.75) is 25.9 Å². The summed E-state index contributed by atoms with van der Waals surface area (Å²) in [5.74, 6) is -1.63. The molecule has 90 valence electrons. The van der Waals surface area contributed by atoms with Crippen LogP contribution in [0, 0.1) is 11.6 Å². The second kappa shape index (κ2) is 4.65. The Kier molecular flexibility index (Phi) is 3.70. The molecule has 16 heavy (non-hydrogen) atoms. The van der Waals surface area contributed by atoms with Crippen LogP contribution in [0.5, 0.6) is 5.75 Å². The summed E-state index contributed by atoms with van der Waals surface area (Å²) in [5, 5.41) is 9.40. The fourth-order valence-corrected chi connectivity index (χ4v) is 1.07. The van der Waals surface area contributed by atoms with Gasteiger partial charge >= 0.3 is 0 Å². The number of halogens is 2. The molecule has 1 aromatic carbocycles. The van der Waals surface area contributed by atoms with Gasteiger partial charge in [-0.2, -0.15) is 0 Å². The summed E-state index contributed by atoms with van der Waals surface area (Å²) in [6.45, 7) is 3.32. The van der Waals surface area contributed by atoms with Crippen LogP contribution in [0.3, 0.4) is 0 Å². The summed E-state index contributed by atoms with van der Waals surface area (Å²) >= 11 is 0. The standard InChI is InChI=1S/C11H15F2NO2/c1-11(2,15)3-4-16-10-6-7(12)9(14)5-8(10)13/h5-6,15H,3-4,14H2,1-2H3. The first-order chi connectivity index (χ1) is 7.29. The first-order valence-electron chi connectivity index (χ1n) is 4.89. The van der Waals surface area contributed by atoms with E-state index in [9.17, 15) is 13.9 Å². The van der Waals surface area contributed by atoms with Crippen molar-refractivity contribution in [2.24, 2.45) is 0 Å². The lowest BCUT2D eigenvalue weighted by Gasteiger charge is -2.17. The van der Waals surface area contributed by atoms with Crippen molar-refractivity contribution in [3.05, 3.63) is 23.8 Å². The monoisotopic (exact) mass is 231 g/mol. The number of aliphatic hydroxyl groups is 1. The lowest BCUT2D eigenvalue weighted by Crippen LogP contribution is -2.22. The van der Waals surface area contributed by atoms with Gasteiger partial charge in [-0.25, -0.2) is 8.78 Å². The number of benzene rings is 1. The van der Waals surface area contributed by atoms with Gasteiger partial charge in [0.1, 0.15) is 5.82 Å². The lowest BCUT2D eigenvalue weighted by atomic mass is 10.1. The molecule has 3 N–H and O–H groups in total. The van der Waals surface area contributed by atoms with Crippen molar-refractivity contribution in [1.29, 1.82) is 0 Å². The molecular formula is C11H15F2NO2. The van der Waals surface area contributed by atoms with E-state index in [1.54, 1.807) is 13.8 Å². The van der Waals surface area contributed by atoms with Crippen LogP contribution in [0.25, 0.3) is 0 Å². The molecule has 0 heterocycles. The highest BCUT2D eigenvalue weighted by molar-refractivity contribution is 5.44. The van der Waals surface area contributed by atoms with Crippen molar-refractivity contribution in [2.75, 3.05) is 12.3 Å². The van der Waals surface area contributed by atoms with Gasteiger partial charge in [-0.1, -0.05) is 0 Å². The topological polar surface area (TPSA) is 55.5 Å². The molecule has 0 fully saturated rings. The van der Waals surface area contributed by atoms with Crippen LogP contribution in [0.2, 0.25) is 0 Å². The van der Waals surface area contributed by atoms with Crippen molar-refractivity contribution in [3.63, 3.8) is 0 Å². The number of hydrogen-bond acceptors (Lipinski definition) is 3. The summed E-state index contributed by atoms with van der Waals surface area (Å²) in [6.07, 6.45) is 0.318. The molecular weight excluding hydrogens is 216 g/mol. The number of nitrogens with two attached hydrogens (primary N) is 1. The molecule has 1 aromatic rings. The minimum absolute atomic E-state index is 0.101. The van der Waals surface area contributed by atoms with Crippen molar-refractivity contribution >= 4 is 5.69 Å². The Labute approximate surface area is 92.8 Å². The second-order valence-electron chi connectivity index (χ2n) is 4.22. The third-order valence-electron chi connectivity index (χ3n) is 2.02. The third-order valence-corrected chi connectivity index (χ3v) is 2.02. The zero-order chi connectivity index (χ0) is 12.3. The summed E-state index contributed by atoms with van der Waals surface area (Å²) in [7, 11) is 0.